The molecule has 0 aliphatic rings. The first-order valence-electron chi connectivity index (χ1n) is 11.6. The maximum Gasteiger partial charge on any atom is 0.224 e. The largest absolute Gasteiger partial charge is 0.370 e. The number of carbonyl (C=O) groups excluding carboxylic acids is 5. The predicted molar refractivity (Wildman–Crippen MR) is 129 cm³/mol. The van der Waals surface area contributed by atoms with Crippen molar-refractivity contribution in [2.24, 2.45) is 11.7 Å². The number of aryl methyl sites for hydroxylation is 1. The minimum atomic E-state index is -0.879. The number of nitrogens with two attached hydrogens (primary N) is 1. The van der Waals surface area contributed by atoms with Gasteiger partial charge in [-0.15, -0.1) is 0 Å². The van der Waals surface area contributed by atoms with Gasteiger partial charge in [0.15, 0.2) is 11.6 Å². The summed E-state index contributed by atoms with van der Waals surface area (Å²) in [5.74, 6) is -2.92. The van der Waals surface area contributed by atoms with Crippen LogP contribution in [0.25, 0.3) is 0 Å². The average Bonchev–Trinajstić information content (AvgIpc) is 3.32. The molecule has 35 heavy (non-hydrogen) atoms. The fourth-order valence-electron chi connectivity index (χ4n) is 3.74. The van der Waals surface area contributed by atoms with E-state index in [1.807, 2.05) is 30.3 Å². The van der Waals surface area contributed by atoms with E-state index in [9.17, 15) is 24.0 Å². The van der Waals surface area contributed by atoms with E-state index >= 15 is 0 Å². The number of aromatic nitrogens is 2. The minimum absolute atomic E-state index is 0.0518. The van der Waals surface area contributed by atoms with Gasteiger partial charge in [-0.1, -0.05) is 30.3 Å². The number of aromatic amines is 1. The second-order valence-electron chi connectivity index (χ2n) is 8.60. The number of Topliss-reactive ketones (excluding diaryl/α,β-unsaturated/α-hetero) is 2. The maximum absolute atomic E-state index is 13.1. The number of rotatable bonds is 15. The number of carbonyl (C=O) groups is 5. The molecule has 3 atom stereocenters. The molecule has 2 aromatic rings. The molecule has 0 aliphatic heterocycles. The first-order valence-corrected chi connectivity index (χ1v) is 11.6. The molecule has 0 bridgehead atoms. The zero-order valence-electron chi connectivity index (χ0n) is 20.1. The Kier molecular flexibility index (Phi) is 10.8. The van der Waals surface area contributed by atoms with E-state index in [2.05, 4.69) is 20.6 Å². The lowest BCUT2D eigenvalue weighted by molar-refractivity contribution is -0.133. The quantitative estimate of drug-likeness (QED) is 0.295. The summed E-state index contributed by atoms with van der Waals surface area (Å²) in [4.78, 5) is 68.4. The number of amides is 3. The average molecular weight is 484 g/mol. The van der Waals surface area contributed by atoms with Gasteiger partial charge >= 0.3 is 0 Å². The van der Waals surface area contributed by atoms with Crippen LogP contribution in [-0.4, -0.2) is 51.3 Å². The van der Waals surface area contributed by atoms with Crippen LogP contribution in [0.5, 0.6) is 0 Å². The fourth-order valence-corrected chi connectivity index (χ4v) is 3.74. The summed E-state index contributed by atoms with van der Waals surface area (Å²) in [5, 5.41) is 5.38. The summed E-state index contributed by atoms with van der Waals surface area (Å²) >= 11 is 0. The predicted octanol–water partition coefficient (Wildman–Crippen LogP) is 1.00. The van der Waals surface area contributed by atoms with Gasteiger partial charge in [-0.05, 0) is 38.2 Å². The van der Waals surface area contributed by atoms with E-state index in [0.29, 0.717) is 19.3 Å². The highest BCUT2D eigenvalue weighted by molar-refractivity contribution is 5.94. The smallest absolute Gasteiger partial charge is 0.224 e. The SMILES string of the molecule is CC(=O)NC(CCc1cnc[nH]1)C(=O)CC(CCC(N)=O)C(=O)NC(Cc1ccccc1)C(C)=O. The number of benzene rings is 1. The van der Waals surface area contributed by atoms with Crippen molar-refractivity contribution in [1.29, 1.82) is 0 Å². The normalized spacial score (nSPS) is 13.3. The molecule has 5 N–H and O–H groups in total. The lowest BCUT2D eigenvalue weighted by Gasteiger charge is -2.23. The van der Waals surface area contributed by atoms with E-state index in [4.69, 9.17) is 5.73 Å². The van der Waals surface area contributed by atoms with Crippen molar-refractivity contribution in [3.05, 3.63) is 54.1 Å². The molecule has 0 spiro atoms. The highest BCUT2D eigenvalue weighted by Crippen LogP contribution is 2.17. The molecule has 3 amide bonds. The van der Waals surface area contributed by atoms with Crippen LogP contribution < -0.4 is 16.4 Å². The molecule has 0 fully saturated rings. The van der Waals surface area contributed by atoms with Crippen molar-refractivity contribution in [2.45, 2.75) is 64.5 Å². The highest BCUT2D eigenvalue weighted by Gasteiger charge is 2.29. The molecular formula is C25H33N5O5. The van der Waals surface area contributed by atoms with Gasteiger partial charge in [0.05, 0.1) is 18.4 Å². The number of primary amides is 1. The Morgan fingerprint density at radius 2 is 1.71 bits per heavy atom. The van der Waals surface area contributed by atoms with Gasteiger partial charge in [-0.25, -0.2) is 4.98 Å². The number of H-pyrrole nitrogens is 1. The zero-order valence-corrected chi connectivity index (χ0v) is 20.1. The van der Waals surface area contributed by atoms with E-state index < -0.39 is 29.8 Å². The number of hydrogen-bond acceptors (Lipinski definition) is 6. The third kappa shape index (κ3) is 9.91. The van der Waals surface area contributed by atoms with Gasteiger partial charge in [0.1, 0.15) is 0 Å². The first-order chi connectivity index (χ1) is 16.7. The van der Waals surface area contributed by atoms with Crippen LogP contribution in [0.15, 0.2) is 42.9 Å². The Bertz CT molecular complexity index is 1010. The van der Waals surface area contributed by atoms with Crippen LogP contribution in [0.1, 0.15) is 50.8 Å². The van der Waals surface area contributed by atoms with E-state index in [1.165, 1.54) is 20.2 Å². The first kappa shape index (κ1) is 27.4. The molecule has 10 nitrogen and oxygen atoms in total. The van der Waals surface area contributed by atoms with Crippen molar-refractivity contribution >= 4 is 29.3 Å². The van der Waals surface area contributed by atoms with Crippen LogP contribution in [0.4, 0.5) is 0 Å². The van der Waals surface area contributed by atoms with Crippen molar-refractivity contribution in [1.82, 2.24) is 20.6 Å². The van der Waals surface area contributed by atoms with Crippen molar-refractivity contribution < 1.29 is 24.0 Å². The summed E-state index contributed by atoms with van der Waals surface area (Å²) in [7, 11) is 0. The minimum Gasteiger partial charge on any atom is -0.370 e. The van der Waals surface area contributed by atoms with Gasteiger partial charge in [-0.2, -0.15) is 0 Å². The van der Waals surface area contributed by atoms with Crippen molar-refractivity contribution in [3.8, 4) is 0 Å². The Labute approximate surface area is 204 Å². The molecule has 1 aromatic heterocycles. The van der Waals surface area contributed by atoms with Gasteiger partial charge < -0.3 is 21.4 Å². The number of ketones is 2. The fraction of sp³-hybridized carbons (Fsp3) is 0.440. The molecule has 0 saturated heterocycles. The standard InChI is InChI=1S/C25H33N5O5/c1-16(31)22(12-18-6-4-3-5-7-18)30-25(35)19(8-11-24(26)34)13-23(33)21(29-17(2)32)10-9-20-14-27-15-28-20/h3-7,14-15,19,21-22H,8-13H2,1-2H3,(H2,26,34)(H,27,28)(H,29,32)(H,30,35). The third-order valence-corrected chi connectivity index (χ3v) is 5.67. The van der Waals surface area contributed by atoms with Crippen LogP contribution in [-0.2, 0) is 36.8 Å². The molecule has 1 aromatic carbocycles. The van der Waals surface area contributed by atoms with Gasteiger partial charge in [0.25, 0.3) is 0 Å². The summed E-state index contributed by atoms with van der Waals surface area (Å²) in [5.41, 5.74) is 6.96. The topological polar surface area (TPSA) is 164 Å². The molecule has 1 heterocycles. The number of hydrogen-bond donors (Lipinski definition) is 4. The summed E-state index contributed by atoms with van der Waals surface area (Å²) in [6.07, 6.45) is 4.00. The Balaban J connectivity index is 2.12. The lowest BCUT2D eigenvalue weighted by Crippen LogP contribution is -2.46. The lowest BCUT2D eigenvalue weighted by atomic mass is 9.91. The van der Waals surface area contributed by atoms with E-state index in [1.54, 1.807) is 6.20 Å². The molecule has 0 saturated carbocycles. The third-order valence-electron chi connectivity index (χ3n) is 5.67. The van der Waals surface area contributed by atoms with Crippen LogP contribution >= 0.6 is 0 Å². The molecular weight excluding hydrogens is 450 g/mol. The van der Waals surface area contributed by atoms with Crippen LogP contribution in [0.3, 0.4) is 0 Å². The number of nitrogens with one attached hydrogen (secondary N) is 3. The van der Waals surface area contributed by atoms with Gasteiger partial charge in [0.2, 0.25) is 17.7 Å². The van der Waals surface area contributed by atoms with Gasteiger partial charge in [0, 0.05) is 37.6 Å². The van der Waals surface area contributed by atoms with E-state index in [0.717, 1.165) is 11.3 Å². The molecule has 0 aliphatic carbocycles. The van der Waals surface area contributed by atoms with E-state index in [-0.39, 0.29) is 36.7 Å². The Morgan fingerprint density at radius 3 is 2.29 bits per heavy atom. The van der Waals surface area contributed by atoms with Crippen molar-refractivity contribution in [3.63, 3.8) is 0 Å². The molecule has 3 unspecified atom stereocenters. The number of nitrogens with zero attached hydrogens (tertiary/aromatic N) is 1. The maximum atomic E-state index is 13.1. The second kappa shape index (κ2) is 13.8. The summed E-state index contributed by atoms with van der Waals surface area (Å²) in [6.45, 7) is 2.70. The second-order valence-corrected chi connectivity index (χ2v) is 8.60. The molecule has 2 rings (SSSR count). The molecule has 10 heteroatoms. The molecule has 0 radical (unpaired) electrons. The van der Waals surface area contributed by atoms with Crippen LogP contribution in [0.2, 0.25) is 0 Å². The Morgan fingerprint density at radius 1 is 1.00 bits per heavy atom. The van der Waals surface area contributed by atoms with Gasteiger partial charge in [-0.3, -0.25) is 24.0 Å². The molecule has 188 valence electrons. The summed E-state index contributed by atoms with van der Waals surface area (Å²) in [6, 6.07) is 7.66. The summed E-state index contributed by atoms with van der Waals surface area (Å²) < 4.78 is 0. The highest BCUT2D eigenvalue weighted by atomic mass is 16.2. The Hall–Kier alpha value is -3.82. The zero-order chi connectivity index (χ0) is 25.8. The number of imidazole rings is 1. The van der Waals surface area contributed by atoms with Crippen molar-refractivity contribution in [2.75, 3.05) is 0 Å². The van der Waals surface area contributed by atoms with Crippen LogP contribution in [0, 0.1) is 5.92 Å². The monoisotopic (exact) mass is 483 g/mol.